The van der Waals surface area contributed by atoms with Crippen molar-refractivity contribution >= 4 is 17.5 Å². The number of hydrogen-bond donors (Lipinski definition) is 3. The molecule has 168 valence electrons. The Morgan fingerprint density at radius 1 is 1.12 bits per heavy atom. The molecule has 0 unspecified atom stereocenters. The number of carboxylic acid groups (broad SMARTS) is 1. The van der Waals surface area contributed by atoms with Crippen LogP contribution in [0.5, 0.6) is 5.75 Å². The maximum Gasteiger partial charge on any atom is 0.290 e. The first-order valence-electron chi connectivity index (χ1n) is 10.1. The number of H-pyrrole nitrogens is 1. The summed E-state index contributed by atoms with van der Waals surface area (Å²) < 4.78 is 10.1. The molecule has 0 atom stereocenters. The Labute approximate surface area is 188 Å². The molecule has 5 rings (SSSR count). The minimum atomic E-state index is -0.250. The number of aromatic nitrogens is 6. The summed E-state index contributed by atoms with van der Waals surface area (Å²) in [7, 11) is 0. The van der Waals surface area contributed by atoms with Gasteiger partial charge < -0.3 is 24.5 Å². The Balaban J connectivity index is 0.000000821. The Morgan fingerprint density at radius 2 is 1.97 bits per heavy atom. The lowest BCUT2D eigenvalue weighted by molar-refractivity contribution is -0.122. The summed E-state index contributed by atoms with van der Waals surface area (Å²) in [5, 5.41) is 16.2. The lowest BCUT2D eigenvalue weighted by Crippen LogP contribution is -2.07. The Kier molecular flexibility index (Phi) is 6.76. The molecule has 5 aromatic rings. The highest BCUT2D eigenvalue weighted by Gasteiger charge is 2.14. The predicted molar refractivity (Wildman–Crippen MR) is 121 cm³/mol. The molecule has 0 radical (unpaired) electrons. The first-order valence-corrected chi connectivity index (χ1v) is 10.1. The summed E-state index contributed by atoms with van der Waals surface area (Å²) in [5.41, 5.74) is 3.53. The van der Waals surface area contributed by atoms with Gasteiger partial charge in [0.2, 0.25) is 0 Å². The first-order chi connectivity index (χ1) is 16.2. The smallest absolute Gasteiger partial charge is 0.290 e. The SMILES string of the molecule is O=CO.OCc1nc2ccc(-n3ccnc3-c3ccccc3OCCn3ccnc3)cc2[nH]1. The summed E-state index contributed by atoms with van der Waals surface area (Å²) in [6.07, 6.45) is 9.13. The molecule has 3 heterocycles. The fraction of sp³-hybridized carbons (Fsp3) is 0.130. The van der Waals surface area contributed by atoms with Gasteiger partial charge in [-0.3, -0.25) is 9.36 Å². The Bertz CT molecular complexity index is 1330. The zero-order chi connectivity index (χ0) is 23.0. The van der Waals surface area contributed by atoms with Crippen molar-refractivity contribution in [2.24, 2.45) is 0 Å². The van der Waals surface area contributed by atoms with Crippen LogP contribution in [0.25, 0.3) is 28.1 Å². The Hall–Kier alpha value is -4.44. The largest absolute Gasteiger partial charge is 0.491 e. The molecule has 2 aromatic carbocycles. The summed E-state index contributed by atoms with van der Waals surface area (Å²) in [6.45, 7) is 0.870. The number of para-hydroxylation sites is 1. The zero-order valence-corrected chi connectivity index (χ0v) is 17.6. The molecule has 0 aliphatic heterocycles. The zero-order valence-electron chi connectivity index (χ0n) is 17.6. The molecule has 0 aliphatic rings. The number of carbonyl (C=O) groups is 1. The minimum Gasteiger partial charge on any atom is -0.491 e. The number of hydrogen-bond acceptors (Lipinski definition) is 6. The average Bonchev–Trinajstić information content (AvgIpc) is 3.59. The second kappa shape index (κ2) is 10.2. The maximum atomic E-state index is 9.32. The van der Waals surface area contributed by atoms with Crippen molar-refractivity contribution < 1.29 is 19.7 Å². The van der Waals surface area contributed by atoms with E-state index in [1.165, 1.54) is 0 Å². The van der Waals surface area contributed by atoms with Gasteiger partial charge in [-0.05, 0) is 30.3 Å². The van der Waals surface area contributed by atoms with E-state index in [1.807, 2.05) is 64.0 Å². The van der Waals surface area contributed by atoms with Gasteiger partial charge in [0, 0.05) is 30.5 Å². The molecule has 0 fully saturated rings. The maximum absolute atomic E-state index is 9.32. The van der Waals surface area contributed by atoms with E-state index in [-0.39, 0.29) is 13.1 Å². The second-order valence-electron chi connectivity index (χ2n) is 6.91. The highest BCUT2D eigenvalue weighted by molar-refractivity contribution is 5.78. The van der Waals surface area contributed by atoms with Crippen LogP contribution in [-0.4, -0.2) is 52.4 Å². The summed E-state index contributed by atoms with van der Waals surface area (Å²) in [6, 6.07) is 13.8. The van der Waals surface area contributed by atoms with E-state index in [0.29, 0.717) is 19.0 Å². The molecule has 0 saturated heterocycles. The monoisotopic (exact) mass is 446 g/mol. The van der Waals surface area contributed by atoms with Crippen LogP contribution in [0, 0.1) is 0 Å². The number of aromatic amines is 1. The van der Waals surface area contributed by atoms with Crippen molar-refractivity contribution in [3.63, 3.8) is 0 Å². The van der Waals surface area contributed by atoms with Gasteiger partial charge in [-0.15, -0.1) is 0 Å². The van der Waals surface area contributed by atoms with Crippen molar-refractivity contribution in [2.45, 2.75) is 13.2 Å². The van der Waals surface area contributed by atoms with Crippen molar-refractivity contribution in [3.05, 3.63) is 79.4 Å². The van der Waals surface area contributed by atoms with Crippen LogP contribution in [0.1, 0.15) is 5.82 Å². The Morgan fingerprint density at radius 3 is 2.76 bits per heavy atom. The summed E-state index contributed by atoms with van der Waals surface area (Å²) >= 11 is 0. The third kappa shape index (κ3) is 4.91. The molecular weight excluding hydrogens is 424 g/mol. The van der Waals surface area contributed by atoms with Crippen LogP contribution < -0.4 is 4.74 Å². The molecule has 3 N–H and O–H groups in total. The third-order valence-electron chi connectivity index (χ3n) is 4.88. The molecule has 3 aromatic heterocycles. The lowest BCUT2D eigenvalue weighted by Gasteiger charge is -2.13. The van der Waals surface area contributed by atoms with Crippen LogP contribution in [0.15, 0.2) is 73.6 Å². The number of fused-ring (bicyclic) bond motifs is 1. The first kappa shape index (κ1) is 21.8. The molecule has 0 spiro atoms. The van der Waals surface area contributed by atoms with Gasteiger partial charge in [0.1, 0.15) is 30.6 Å². The van der Waals surface area contributed by atoms with E-state index in [2.05, 4.69) is 19.9 Å². The number of rotatable bonds is 7. The molecule has 10 heteroatoms. The molecule has 0 aliphatic carbocycles. The van der Waals surface area contributed by atoms with Crippen molar-refractivity contribution in [2.75, 3.05) is 6.61 Å². The quantitative estimate of drug-likeness (QED) is 0.328. The van der Waals surface area contributed by atoms with Crippen molar-refractivity contribution in [1.29, 1.82) is 0 Å². The average molecular weight is 446 g/mol. The second-order valence-corrected chi connectivity index (χ2v) is 6.91. The van der Waals surface area contributed by atoms with Crippen LogP contribution in [0.2, 0.25) is 0 Å². The topological polar surface area (TPSA) is 131 Å². The number of imidazole rings is 3. The van der Waals surface area contributed by atoms with E-state index < -0.39 is 0 Å². The molecule has 33 heavy (non-hydrogen) atoms. The standard InChI is InChI=1S/C22H20N6O2.CH2O2/c29-14-21-25-18-6-5-16(13-19(18)26-21)28-10-8-24-22(28)17-3-1-2-4-20(17)30-12-11-27-9-7-23-15-27;2-1-3/h1-10,13,15,29H,11-12,14H2,(H,25,26);1H,(H,2,3). The fourth-order valence-corrected chi connectivity index (χ4v) is 3.44. The van der Waals surface area contributed by atoms with Crippen LogP contribution in [0.3, 0.4) is 0 Å². The number of benzene rings is 2. The van der Waals surface area contributed by atoms with Crippen LogP contribution in [-0.2, 0) is 17.9 Å². The molecule has 0 bridgehead atoms. The van der Waals surface area contributed by atoms with Crippen LogP contribution in [0.4, 0.5) is 0 Å². The molecule has 10 nitrogen and oxygen atoms in total. The molecular formula is C23H22N6O4. The van der Waals surface area contributed by atoms with E-state index >= 15 is 0 Å². The number of aliphatic hydroxyl groups excluding tert-OH is 1. The van der Waals surface area contributed by atoms with E-state index in [1.54, 1.807) is 18.7 Å². The van der Waals surface area contributed by atoms with Crippen molar-refractivity contribution in [1.82, 2.24) is 29.1 Å². The summed E-state index contributed by atoms with van der Waals surface area (Å²) in [4.78, 5) is 24.5. The van der Waals surface area contributed by atoms with Gasteiger partial charge in [-0.25, -0.2) is 15.0 Å². The lowest BCUT2D eigenvalue weighted by atomic mass is 10.2. The minimum absolute atomic E-state index is 0.121. The number of nitrogens with one attached hydrogen (secondary N) is 1. The van der Waals surface area contributed by atoms with Gasteiger partial charge in [-0.2, -0.15) is 0 Å². The van der Waals surface area contributed by atoms with Gasteiger partial charge >= 0.3 is 0 Å². The van der Waals surface area contributed by atoms with Gasteiger partial charge in [0.05, 0.1) is 29.5 Å². The van der Waals surface area contributed by atoms with E-state index in [9.17, 15) is 5.11 Å². The van der Waals surface area contributed by atoms with E-state index in [0.717, 1.165) is 33.9 Å². The third-order valence-corrected chi connectivity index (χ3v) is 4.88. The predicted octanol–water partition coefficient (Wildman–Crippen LogP) is 2.88. The number of aliphatic hydroxyl groups is 1. The van der Waals surface area contributed by atoms with Crippen LogP contribution >= 0.6 is 0 Å². The van der Waals surface area contributed by atoms with E-state index in [4.69, 9.17) is 14.6 Å². The fourth-order valence-electron chi connectivity index (χ4n) is 3.44. The molecule has 0 saturated carbocycles. The highest BCUT2D eigenvalue weighted by atomic mass is 16.5. The molecule has 0 amide bonds. The van der Waals surface area contributed by atoms with Crippen molar-refractivity contribution in [3.8, 4) is 22.8 Å². The highest BCUT2D eigenvalue weighted by Crippen LogP contribution is 2.31. The van der Waals surface area contributed by atoms with Gasteiger partial charge in [-0.1, -0.05) is 12.1 Å². The van der Waals surface area contributed by atoms with Gasteiger partial charge in [0.15, 0.2) is 0 Å². The summed E-state index contributed by atoms with van der Waals surface area (Å²) in [5.74, 6) is 2.11. The number of nitrogens with zero attached hydrogens (tertiary/aromatic N) is 5. The number of ether oxygens (including phenoxy) is 1. The normalized spacial score (nSPS) is 10.6. The van der Waals surface area contributed by atoms with Gasteiger partial charge in [0.25, 0.3) is 6.47 Å².